The predicted molar refractivity (Wildman–Crippen MR) is 59.2 cm³/mol. The van der Waals surface area contributed by atoms with Crippen LogP contribution in [0.15, 0.2) is 0 Å². The third-order valence-electron chi connectivity index (χ3n) is 2.58. The Morgan fingerprint density at radius 1 is 1.07 bits per heavy atom. The van der Waals surface area contributed by atoms with Crippen molar-refractivity contribution >= 4 is 0 Å². The van der Waals surface area contributed by atoms with Crippen LogP contribution < -0.4 is 5.32 Å². The monoisotopic (exact) mass is 217 g/mol. The third-order valence-corrected chi connectivity index (χ3v) is 2.58. The van der Waals surface area contributed by atoms with Crippen molar-refractivity contribution in [3.05, 3.63) is 0 Å². The van der Waals surface area contributed by atoms with Gasteiger partial charge < -0.3 is 19.5 Å². The van der Waals surface area contributed by atoms with Crippen molar-refractivity contribution in [1.29, 1.82) is 0 Å². The molecule has 0 aromatic heterocycles. The lowest BCUT2D eigenvalue weighted by Crippen LogP contribution is -2.23. The highest BCUT2D eigenvalue weighted by Gasteiger charge is 2.12. The average molecular weight is 217 g/mol. The molecular formula is C11H23NO3. The van der Waals surface area contributed by atoms with Crippen LogP contribution in [0, 0.1) is 0 Å². The van der Waals surface area contributed by atoms with Crippen molar-refractivity contribution in [2.75, 3.05) is 46.7 Å². The number of methoxy groups -OCH3 is 1. The van der Waals surface area contributed by atoms with Crippen molar-refractivity contribution in [3.63, 3.8) is 0 Å². The molecule has 0 bridgehead atoms. The Morgan fingerprint density at radius 2 is 1.80 bits per heavy atom. The number of hydrogen-bond acceptors (Lipinski definition) is 4. The van der Waals surface area contributed by atoms with E-state index in [0.29, 0.717) is 32.5 Å². The van der Waals surface area contributed by atoms with Gasteiger partial charge in [0.15, 0.2) is 0 Å². The summed E-state index contributed by atoms with van der Waals surface area (Å²) >= 11 is 0. The minimum absolute atomic E-state index is 0.657. The van der Waals surface area contributed by atoms with Crippen LogP contribution in [0.5, 0.6) is 0 Å². The van der Waals surface area contributed by atoms with E-state index in [1.54, 1.807) is 7.11 Å². The molecule has 0 aliphatic carbocycles. The van der Waals surface area contributed by atoms with E-state index in [9.17, 15) is 0 Å². The Balaban J connectivity index is 1.73. The fourth-order valence-corrected chi connectivity index (χ4v) is 1.69. The maximum absolute atomic E-state index is 5.47. The van der Waals surface area contributed by atoms with Gasteiger partial charge in [0, 0.05) is 19.8 Å². The zero-order chi connectivity index (χ0) is 10.8. The first kappa shape index (κ1) is 12.9. The molecule has 15 heavy (non-hydrogen) atoms. The van der Waals surface area contributed by atoms with Crippen LogP contribution in [0.2, 0.25) is 0 Å². The normalized spacial score (nSPS) is 21.0. The van der Waals surface area contributed by atoms with E-state index >= 15 is 0 Å². The predicted octanol–water partition coefficient (Wildman–Crippen LogP) is 0.808. The van der Waals surface area contributed by atoms with Gasteiger partial charge in [0.2, 0.25) is 0 Å². The minimum Gasteiger partial charge on any atom is -0.382 e. The molecule has 1 fully saturated rings. The molecule has 1 saturated heterocycles. The first-order chi connectivity index (χ1) is 7.43. The molecule has 0 amide bonds. The van der Waals surface area contributed by atoms with Crippen LogP contribution in [-0.4, -0.2) is 52.7 Å². The first-order valence-electron chi connectivity index (χ1n) is 5.81. The van der Waals surface area contributed by atoms with Gasteiger partial charge in [-0.05, 0) is 25.8 Å². The Bertz CT molecular complexity index is 138. The average Bonchev–Trinajstić information content (AvgIpc) is 2.75. The number of ether oxygens (including phenoxy) is 3. The summed E-state index contributed by atoms with van der Waals surface area (Å²) in [5, 5.41) is 3.45. The summed E-state index contributed by atoms with van der Waals surface area (Å²) < 4.78 is 15.6. The molecule has 1 aliphatic rings. The maximum Gasteiger partial charge on any atom is 0.0701 e. The second-order valence-electron chi connectivity index (χ2n) is 3.80. The molecule has 90 valence electrons. The molecule has 4 heteroatoms. The van der Waals surface area contributed by atoms with Gasteiger partial charge in [-0.3, -0.25) is 0 Å². The van der Waals surface area contributed by atoms with Crippen LogP contribution in [0.25, 0.3) is 0 Å². The minimum atomic E-state index is 0.657. The topological polar surface area (TPSA) is 39.7 Å². The summed E-state index contributed by atoms with van der Waals surface area (Å²) in [6.07, 6.45) is 3.73. The third kappa shape index (κ3) is 6.84. The highest BCUT2D eigenvalue weighted by molar-refractivity contribution is 4.73. The quantitative estimate of drug-likeness (QED) is 0.580. The van der Waals surface area contributed by atoms with E-state index in [-0.39, 0.29) is 0 Å². The lowest BCUT2D eigenvalue weighted by atomic mass is 10.2. The fourth-order valence-electron chi connectivity index (χ4n) is 1.69. The Morgan fingerprint density at radius 3 is 2.47 bits per heavy atom. The second kappa shape index (κ2) is 9.09. The van der Waals surface area contributed by atoms with Crippen LogP contribution >= 0.6 is 0 Å². The number of rotatable bonds is 9. The molecule has 1 N–H and O–H groups in total. The summed E-state index contributed by atoms with van der Waals surface area (Å²) in [6, 6.07) is 0.680. The van der Waals surface area contributed by atoms with Gasteiger partial charge in [0.05, 0.1) is 26.4 Å². The number of hydrogen-bond donors (Lipinski definition) is 1. The van der Waals surface area contributed by atoms with E-state index in [0.717, 1.165) is 13.0 Å². The van der Waals surface area contributed by atoms with Gasteiger partial charge in [-0.15, -0.1) is 0 Å². The molecule has 4 nitrogen and oxygen atoms in total. The molecular weight excluding hydrogens is 194 g/mol. The van der Waals surface area contributed by atoms with Crippen LogP contribution in [0.3, 0.4) is 0 Å². The highest BCUT2D eigenvalue weighted by Crippen LogP contribution is 2.08. The summed E-state index contributed by atoms with van der Waals surface area (Å²) in [6.45, 7) is 4.68. The molecule has 1 heterocycles. The smallest absolute Gasteiger partial charge is 0.0701 e. The van der Waals surface area contributed by atoms with Crippen LogP contribution in [-0.2, 0) is 14.2 Å². The second-order valence-corrected chi connectivity index (χ2v) is 3.80. The summed E-state index contributed by atoms with van der Waals surface area (Å²) in [4.78, 5) is 0. The van der Waals surface area contributed by atoms with Crippen molar-refractivity contribution in [2.45, 2.75) is 25.3 Å². The molecule has 0 aromatic carbocycles. The fraction of sp³-hybridized carbons (Fsp3) is 1.00. The van der Waals surface area contributed by atoms with E-state index < -0.39 is 0 Å². The van der Waals surface area contributed by atoms with E-state index in [1.165, 1.54) is 19.4 Å². The number of nitrogens with one attached hydrogen (secondary N) is 1. The largest absolute Gasteiger partial charge is 0.382 e. The summed E-state index contributed by atoms with van der Waals surface area (Å²) in [5.74, 6) is 0. The highest BCUT2D eigenvalue weighted by atomic mass is 16.5. The summed E-state index contributed by atoms with van der Waals surface area (Å²) in [5.41, 5.74) is 0. The molecule has 1 unspecified atom stereocenters. The van der Waals surface area contributed by atoms with E-state index in [4.69, 9.17) is 14.2 Å². The zero-order valence-electron chi connectivity index (χ0n) is 9.67. The Labute approximate surface area is 92.3 Å². The molecule has 0 spiro atoms. The zero-order valence-corrected chi connectivity index (χ0v) is 9.67. The molecule has 1 rings (SSSR count). The van der Waals surface area contributed by atoms with Gasteiger partial charge >= 0.3 is 0 Å². The van der Waals surface area contributed by atoms with E-state index in [2.05, 4.69) is 5.32 Å². The van der Waals surface area contributed by atoms with Crippen molar-refractivity contribution in [2.24, 2.45) is 0 Å². The van der Waals surface area contributed by atoms with Gasteiger partial charge in [0.1, 0.15) is 0 Å². The van der Waals surface area contributed by atoms with Gasteiger partial charge in [-0.25, -0.2) is 0 Å². The standard InChI is InChI=1S/C11H23NO3/c1-13-7-8-15-10-9-14-6-4-11-3-2-5-12-11/h11-12H,2-10H2,1H3. The van der Waals surface area contributed by atoms with Crippen molar-refractivity contribution in [3.8, 4) is 0 Å². The first-order valence-corrected chi connectivity index (χ1v) is 5.81. The van der Waals surface area contributed by atoms with Gasteiger partial charge in [-0.2, -0.15) is 0 Å². The molecule has 1 atom stereocenters. The molecule has 0 aromatic rings. The van der Waals surface area contributed by atoms with Gasteiger partial charge in [0.25, 0.3) is 0 Å². The maximum atomic E-state index is 5.47. The lowest BCUT2D eigenvalue weighted by Gasteiger charge is -2.10. The Hall–Kier alpha value is -0.160. The molecule has 0 radical (unpaired) electrons. The SMILES string of the molecule is COCCOCCOCCC1CCCN1. The van der Waals surface area contributed by atoms with Gasteiger partial charge in [-0.1, -0.05) is 0 Å². The van der Waals surface area contributed by atoms with E-state index in [1.807, 2.05) is 0 Å². The molecule has 0 saturated carbocycles. The lowest BCUT2D eigenvalue weighted by molar-refractivity contribution is 0.0231. The van der Waals surface area contributed by atoms with Crippen molar-refractivity contribution < 1.29 is 14.2 Å². The summed E-state index contributed by atoms with van der Waals surface area (Å²) in [7, 11) is 1.68. The Kier molecular flexibility index (Phi) is 7.83. The van der Waals surface area contributed by atoms with Crippen molar-refractivity contribution in [1.82, 2.24) is 5.32 Å². The van der Waals surface area contributed by atoms with Crippen LogP contribution in [0.1, 0.15) is 19.3 Å². The molecule has 1 aliphatic heterocycles. The van der Waals surface area contributed by atoms with Crippen LogP contribution in [0.4, 0.5) is 0 Å².